The highest BCUT2D eigenvalue weighted by molar-refractivity contribution is 6.39. The van der Waals surface area contributed by atoms with E-state index in [0.717, 1.165) is 17.3 Å². The van der Waals surface area contributed by atoms with Crippen LogP contribution < -0.4 is 0 Å². The van der Waals surface area contributed by atoms with Crippen molar-refractivity contribution < 1.29 is 9.53 Å². The Balaban J connectivity index is 2.08. The Hall–Kier alpha value is -1.03. The van der Waals surface area contributed by atoms with Crippen molar-refractivity contribution >= 4 is 39.9 Å². The topological polar surface area (TPSA) is 42.1 Å². The SMILES string of the molecule is CC1CCOC1C(=O)c1c[nH]c2cc(Cl)cc(Cl)c12. The number of H-pyrrole nitrogens is 1. The summed E-state index contributed by atoms with van der Waals surface area (Å²) in [5.41, 5.74) is 1.35. The van der Waals surface area contributed by atoms with Crippen LogP contribution in [-0.2, 0) is 4.74 Å². The van der Waals surface area contributed by atoms with E-state index in [4.69, 9.17) is 27.9 Å². The number of rotatable bonds is 2. The average Bonchev–Trinajstić information content (AvgIpc) is 2.94. The molecule has 100 valence electrons. The van der Waals surface area contributed by atoms with Crippen LogP contribution in [0.15, 0.2) is 18.3 Å². The highest BCUT2D eigenvalue weighted by Crippen LogP contribution is 2.33. The van der Waals surface area contributed by atoms with E-state index in [1.54, 1.807) is 18.3 Å². The van der Waals surface area contributed by atoms with Crippen molar-refractivity contribution in [2.45, 2.75) is 19.4 Å². The smallest absolute Gasteiger partial charge is 0.194 e. The van der Waals surface area contributed by atoms with Crippen molar-refractivity contribution in [1.82, 2.24) is 4.98 Å². The second-order valence-corrected chi connectivity index (χ2v) is 5.78. The van der Waals surface area contributed by atoms with Crippen molar-refractivity contribution in [3.63, 3.8) is 0 Å². The highest BCUT2D eigenvalue weighted by Gasteiger charge is 2.33. The Morgan fingerprint density at radius 1 is 1.42 bits per heavy atom. The van der Waals surface area contributed by atoms with Crippen LogP contribution in [0, 0.1) is 5.92 Å². The minimum absolute atomic E-state index is 0.0135. The molecule has 19 heavy (non-hydrogen) atoms. The summed E-state index contributed by atoms with van der Waals surface area (Å²) in [5, 5.41) is 1.75. The molecule has 3 rings (SSSR count). The van der Waals surface area contributed by atoms with Gasteiger partial charge in [-0.25, -0.2) is 0 Å². The summed E-state index contributed by atoms with van der Waals surface area (Å²) < 4.78 is 5.53. The molecule has 1 aliphatic rings. The van der Waals surface area contributed by atoms with Crippen LogP contribution in [0.3, 0.4) is 0 Å². The van der Waals surface area contributed by atoms with Crippen molar-refractivity contribution in [1.29, 1.82) is 0 Å². The van der Waals surface area contributed by atoms with Crippen LogP contribution in [0.1, 0.15) is 23.7 Å². The fraction of sp³-hybridized carbons (Fsp3) is 0.357. The molecule has 1 saturated heterocycles. The molecule has 0 bridgehead atoms. The van der Waals surface area contributed by atoms with Crippen LogP contribution in [0.25, 0.3) is 10.9 Å². The molecule has 3 nitrogen and oxygen atoms in total. The number of hydrogen-bond acceptors (Lipinski definition) is 2. The molecule has 0 aliphatic carbocycles. The summed E-state index contributed by atoms with van der Waals surface area (Å²) in [6, 6.07) is 3.41. The van der Waals surface area contributed by atoms with E-state index in [0.29, 0.717) is 22.2 Å². The molecule has 0 radical (unpaired) electrons. The second kappa shape index (κ2) is 4.82. The second-order valence-electron chi connectivity index (χ2n) is 4.93. The summed E-state index contributed by atoms with van der Waals surface area (Å²) in [7, 11) is 0. The Morgan fingerprint density at radius 2 is 2.21 bits per heavy atom. The fourth-order valence-corrected chi connectivity index (χ4v) is 3.16. The fourth-order valence-electron chi connectivity index (χ4n) is 2.56. The normalized spacial score (nSPS) is 23.1. The van der Waals surface area contributed by atoms with Gasteiger partial charge in [0, 0.05) is 34.3 Å². The third-order valence-electron chi connectivity index (χ3n) is 3.61. The van der Waals surface area contributed by atoms with Crippen molar-refractivity contribution in [3.8, 4) is 0 Å². The number of fused-ring (bicyclic) bond motifs is 1. The zero-order valence-electron chi connectivity index (χ0n) is 10.4. The first kappa shape index (κ1) is 13.0. The zero-order chi connectivity index (χ0) is 13.6. The van der Waals surface area contributed by atoms with Crippen molar-refractivity contribution in [2.75, 3.05) is 6.61 Å². The van der Waals surface area contributed by atoms with Gasteiger partial charge in [-0.2, -0.15) is 0 Å². The molecular weight excluding hydrogens is 285 g/mol. The monoisotopic (exact) mass is 297 g/mol. The number of ether oxygens (including phenoxy) is 1. The number of carbonyl (C=O) groups is 1. The summed E-state index contributed by atoms with van der Waals surface area (Å²) in [5.74, 6) is 0.226. The third kappa shape index (κ3) is 2.16. The molecule has 1 fully saturated rings. The van der Waals surface area contributed by atoms with E-state index < -0.39 is 0 Å². The van der Waals surface area contributed by atoms with Gasteiger partial charge in [-0.15, -0.1) is 0 Å². The quantitative estimate of drug-likeness (QED) is 0.849. The molecule has 1 N–H and O–H groups in total. The summed E-state index contributed by atoms with van der Waals surface area (Å²) >= 11 is 12.1. The maximum absolute atomic E-state index is 12.5. The molecule has 0 amide bonds. The lowest BCUT2D eigenvalue weighted by atomic mass is 9.96. The van der Waals surface area contributed by atoms with E-state index in [-0.39, 0.29) is 17.8 Å². The van der Waals surface area contributed by atoms with E-state index >= 15 is 0 Å². The molecule has 2 unspecified atom stereocenters. The lowest BCUT2D eigenvalue weighted by Gasteiger charge is -2.12. The number of hydrogen-bond donors (Lipinski definition) is 1. The maximum atomic E-state index is 12.5. The summed E-state index contributed by atoms with van der Waals surface area (Å²) in [6.07, 6.45) is 2.23. The lowest BCUT2D eigenvalue weighted by Crippen LogP contribution is -2.25. The summed E-state index contributed by atoms with van der Waals surface area (Å²) in [4.78, 5) is 15.6. The molecule has 1 aromatic carbocycles. The molecule has 1 aromatic heterocycles. The first-order chi connectivity index (χ1) is 9.08. The van der Waals surface area contributed by atoms with Gasteiger partial charge in [0.1, 0.15) is 6.10 Å². The predicted octanol–water partition coefficient (Wildman–Crippen LogP) is 4.08. The number of benzene rings is 1. The van der Waals surface area contributed by atoms with Gasteiger partial charge < -0.3 is 9.72 Å². The standard InChI is InChI=1S/C14H13Cl2NO2/c1-7-2-3-19-14(7)13(18)9-6-17-11-5-8(15)4-10(16)12(9)11/h4-7,14,17H,2-3H2,1H3. The van der Waals surface area contributed by atoms with Gasteiger partial charge in [0.2, 0.25) is 0 Å². The van der Waals surface area contributed by atoms with Gasteiger partial charge in [0.15, 0.2) is 5.78 Å². The molecular formula is C14H13Cl2NO2. The molecule has 0 saturated carbocycles. The Morgan fingerprint density at radius 3 is 2.89 bits per heavy atom. The molecule has 5 heteroatoms. The van der Waals surface area contributed by atoms with Crippen molar-refractivity contribution in [3.05, 3.63) is 33.9 Å². The van der Waals surface area contributed by atoms with Crippen LogP contribution in [-0.4, -0.2) is 23.5 Å². The van der Waals surface area contributed by atoms with Gasteiger partial charge in [-0.3, -0.25) is 4.79 Å². The largest absolute Gasteiger partial charge is 0.370 e. The zero-order valence-corrected chi connectivity index (χ0v) is 11.9. The molecule has 2 aromatic rings. The van der Waals surface area contributed by atoms with Gasteiger partial charge in [-0.1, -0.05) is 30.1 Å². The number of aromatic amines is 1. The van der Waals surface area contributed by atoms with Crippen molar-refractivity contribution in [2.24, 2.45) is 5.92 Å². The molecule has 2 heterocycles. The highest BCUT2D eigenvalue weighted by atomic mass is 35.5. The van der Waals surface area contributed by atoms with Gasteiger partial charge in [0.25, 0.3) is 0 Å². The number of aromatic nitrogens is 1. The third-order valence-corrected chi connectivity index (χ3v) is 4.12. The number of Topliss-reactive ketones (excluding diaryl/α,β-unsaturated/α-hetero) is 1. The first-order valence-corrected chi connectivity index (χ1v) is 6.95. The Bertz CT molecular complexity index is 650. The molecule has 1 aliphatic heterocycles. The van der Waals surface area contributed by atoms with Gasteiger partial charge in [-0.05, 0) is 24.5 Å². The first-order valence-electron chi connectivity index (χ1n) is 6.20. The van der Waals surface area contributed by atoms with Crippen LogP contribution in [0.2, 0.25) is 10.0 Å². The van der Waals surface area contributed by atoms with E-state index in [9.17, 15) is 4.79 Å². The number of nitrogens with one attached hydrogen (secondary N) is 1. The number of ketones is 1. The maximum Gasteiger partial charge on any atom is 0.194 e. The van der Waals surface area contributed by atoms with Crippen LogP contribution >= 0.6 is 23.2 Å². The van der Waals surface area contributed by atoms with Crippen LogP contribution in [0.4, 0.5) is 0 Å². The van der Waals surface area contributed by atoms with E-state index in [1.807, 2.05) is 6.92 Å². The predicted molar refractivity (Wildman–Crippen MR) is 76.2 cm³/mol. The molecule has 2 atom stereocenters. The van der Waals surface area contributed by atoms with E-state index in [1.165, 1.54) is 0 Å². The lowest BCUT2D eigenvalue weighted by molar-refractivity contribution is 0.0581. The summed E-state index contributed by atoms with van der Waals surface area (Å²) in [6.45, 7) is 2.67. The minimum Gasteiger partial charge on any atom is -0.370 e. The minimum atomic E-state index is -0.370. The number of halogens is 2. The number of carbonyl (C=O) groups excluding carboxylic acids is 1. The molecule has 0 spiro atoms. The van der Waals surface area contributed by atoms with Gasteiger partial charge >= 0.3 is 0 Å². The Labute approximate surface area is 120 Å². The van der Waals surface area contributed by atoms with Gasteiger partial charge in [0.05, 0.1) is 5.02 Å². The average molecular weight is 298 g/mol. The van der Waals surface area contributed by atoms with E-state index in [2.05, 4.69) is 4.98 Å². The Kier molecular flexibility index (Phi) is 3.29. The van der Waals surface area contributed by atoms with Crippen LogP contribution in [0.5, 0.6) is 0 Å².